The van der Waals surface area contributed by atoms with E-state index in [4.69, 9.17) is 0 Å². The summed E-state index contributed by atoms with van der Waals surface area (Å²) in [5, 5.41) is 12.5. The summed E-state index contributed by atoms with van der Waals surface area (Å²) in [6, 6.07) is 4.93. The maximum absolute atomic E-state index is 12.8. The topological polar surface area (TPSA) is 72.7 Å². The average molecular weight is 395 g/mol. The lowest BCUT2D eigenvalue weighted by Gasteiger charge is -2.07. The van der Waals surface area contributed by atoms with Crippen molar-refractivity contribution in [3.05, 3.63) is 46.9 Å². The Bertz CT molecular complexity index is 964. The van der Waals surface area contributed by atoms with Gasteiger partial charge in [0, 0.05) is 30.8 Å². The second-order valence-corrected chi connectivity index (χ2v) is 6.75. The van der Waals surface area contributed by atoms with Crippen molar-refractivity contribution >= 4 is 22.4 Å². The molecule has 0 aliphatic carbocycles. The lowest BCUT2D eigenvalue weighted by atomic mass is 10.1. The molecule has 0 saturated carbocycles. The van der Waals surface area contributed by atoms with E-state index in [-0.39, 0.29) is 12.3 Å². The van der Waals surface area contributed by atoms with Crippen molar-refractivity contribution in [1.29, 1.82) is 0 Å². The fraction of sp³-hybridized carbons (Fsp3) is 0.294. The molecule has 0 spiro atoms. The number of aromatic nitrogens is 4. The number of rotatable bonds is 5. The summed E-state index contributed by atoms with van der Waals surface area (Å²) in [5.41, 5.74) is -0.0148. The molecule has 0 bridgehead atoms. The molecule has 10 heteroatoms. The number of amides is 1. The molecule has 0 aliphatic rings. The van der Waals surface area contributed by atoms with Crippen molar-refractivity contribution < 1.29 is 18.0 Å². The molecular weight excluding hydrogens is 379 g/mol. The average Bonchev–Trinajstić information content (AvgIpc) is 3.20. The van der Waals surface area contributed by atoms with Crippen LogP contribution in [0.15, 0.2) is 29.6 Å². The van der Waals surface area contributed by atoms with Crippen LogP contribution in [-0.4, -0.2) is 25.7 Å². The van der Waals surface area contributed by atoms with Gasteiger partial charge in [0.25, 0.3) is 0 Å². The number of thiazole rings is 1. The third-order valence-corrected chi connectivity index (χ3v) is 4.75. The fourth-order valence-electron chi connectivity index (χ4n) is 2.39. The Hall–Kier alpha value is -2.75. The predicted octanol–water partition coefficient (Wildman–Crippen LogP) is 3.84. The van der Waals surface area contributed by atoms with Gasteiger partial charge in [0.15, 0.2) is 5.13 Å². The minimum Gasteiger partial charge on any atom is -0.318 e. The zero-order valence-corrected chi connectivity index (χ0v) is 15.4. The second-order valence-electron chi connectivity index (χ2n) is 5.89. The van der Waals surface area contributed by atoms with Crippen LogP contribution in [0.1, 0.15) is 23.6 Å². The van der Waals surface area contributed by atoms with Crippen molar-refractivity contribution in [2.24, 2.45) is 7.05 Å². The molecular formula is C17H16F3N5OS. The largest absolute Gasteiger partial charge is 0.416 e. The Kier molecular flexibility index (Phi) is 5.26. The molecule has 0 fully saturated rings. The van der Waals surface area contributed by atoms with E-state index in [0.717, 1.165) is 29.3 Å². The molecule has 0 radical (unpaired) electrons. The number of nitrogens with one attached hydrogen (secondary N) is 1. The monoisotopic (exact) mass is 395 g/mol. The van der Waals surface area contributed by atoms with Crippen LogP contribution in [0.25, 0.3) is 11.3 Å². The summed E-state index contributed by atoms with van der Waals surface area (Å²) in [6.45, 7) is 1.82. The number of benzene rings is 1. The molecule has 1 amide bonds. The zero-order chi connectivity index (χ0) is 19.6. The Morgan fingerprint density at radius 1 is 1.30 bits per heavy atom. The molecule has 27 heavy (non-hydrogen) atoms. The van der Waals surface area contributed by atoms with Gasteiger partial charge in [-0.2, -0.15) is 13.2 Å². The Balaban J connectivity index is 1.64. The van der Waals surface area contributed by atoms with Crippen LogP contribution in [0.4, 0.5) is 18.3 Å². The van der Waals surface area contributed by atoms with Crippen LogP contribution in [0.2, 0.25) is 0 Å². The van der Waals surface area contributed by atoms with Crippen LogP contribution in [0, 0.1) is 6.92 Å². The van der Waals surface area contributed by atoms with Gasteiger partial charge in [-0.3, -0.25) is 4.79 Å². The number of anilines is 1. The highest BCUT2D eigenvalue weighted by molar-refractivity contribution is 7.14. The van der Waals surface area contributed by atoms with E-state index < -0.39 is 11.7 Å². The number of carbonyl (C=O) groups is 1. The molecule has 0 unspecified atom stereocenters. The Labute approximate surface area is 157 Å². The van der Waals surface area contributed by atoms with Crippen LogP contribution >= 0.6 is 11.3 Å². The number of hydrogen-bond donors (Lipinski definition) is 1. The quantitative estimate of drug-likeness (QED) is 0.713. The summed E-state index contributed by atoms with van der Waals surface area (Å²) < 4.78 is 40.3. The molecule has 0 saturated heterocycles. The third-order valence-electron chi connectivity index (χ3n) is 3.99. The summed E-state index contributed by atoms with van der Waals surface area (Å²) >= 11 is 1.16. The smallest absolute Gasteiger partial charge is 0.318 e. The highest BCUT2D eigenvalue weighted by atomic mass is 32.1. The molecule has 2 heterocycles. The first-order chi connectivity index (χ1) is 12.7. The Morgan fingerprint density at radius 3 is 2.74 bits per heavy atom. The van der Waals surface area contributed by atoms with Gasteiger partial charge in [-0.25, -0.2) is 4.98 Å². The van der Waals surface area contributed by atoms with E-state index in [2.05, 4.69) is 20.5 Å². The standard InChI is InChI=1S/C17H16F3N5OS/c1-10-23-24-14(25(10)2)6-7-15(26)22-16-21-13(9-27-16)11-4-3-5-12(8-11)17(18,19)20/h3-5,8-9H,6-7H2,1-2H3,(H,21,22,26). The van der Waals surface area contributed by atoms with E-state index in [0.29, 0.717) is 28.6 Å². The van der Waals surface area contributed by atoms with E-state index >= 15 is 0 Å². The van der Waals surface area contributed by atoms with E-state index in [9.17, 15) is 18.0 Å². The van der Waals surface area contributed by atoms with Crippen LogP contribution in [0.3, 0.4) is 0 Å². The summed E-state index contributed by atoms with van der Waals surface area (Å²) in [7, 11) is 1.82. The number of carbonyl (C=O) groups excluding carboxylic acids is 1. The number of aryl methyl sites for hydroxylation is 2. The molecule has 1 N–H and O–H groups in total. The minimum absolute atomic E-state index is 0.199. The van der Waals surface area contributed by atoms with Crippen LogP contribution in [0.5, 0.6) is 0 Å². The molecule has 1 aromatic carbocycles. The van der Waals surface area contributed by atoms with Crippen molar-refractivity contribution in [2.45, 2.75) is 25.9 Å². The normalized spacial score (nSPS) is 11.6. The summed E-state index contributed by atoms with van der Waals surface area (Å²) in [6.07, 6.45) is -3.79. The van der Waals surface area contributed by atoms with Crippen molar-refractivity contribution in [3.8, 4) is 11.3 Å². The van der Waals surface area contributed by atoms with Crippen LogP contribution in [-0.2, 0) is 24.4 Å². The van der Waals surface area contributed by atoms with Crippen molar-refractivity contribution in [1.82, 2.24) is 19.7 Å². The molecule has 3 aromatic rings. The van der Waals surface area contributed by atoms with Crippen LogP contribution < -0.4 is 5.32 Å². The zero-order valence-electron chi connectivity index (χ0n) is 14.5. The fourth-order valence-corrected chi connectivity index (χ4v) is 3.13. The van der Waals surface area contributed by atoms with E-state index in [1.54, 1.807) is 11.4 Å². The predicted molar refractivity (Wildman–Crippen MR) is 95.2 cm³/mol. The first-order valence-electron chi connectivity index (χ1n) is 8.02. The molecule has 6 nitrogen and oxygen atoms in total. The van der Waals surface area contributed by atoms with Gasteiger partial charge in [-0.15, -0.1) is 21.5 Å². The minimum atomic E-state index is -4.42. The highest BCUT2D eigenvalue weighted by Gasteiger charge is 2.30. The van der Waals surface area contributed by atoms with Gasteiger partial charge in [0.05, 0.1) is 11.3 Å². The lowest BCUT2D eigenvalue weighted by molar-refractivity contribution is -0.137. The summed E-state index contributed by atoms with van der Waals surface area (Å²) in [4.78, 5) is 16.3. The summed E-state index contributed by atoms with van der Waals surface area (Å²) in [5.74, 6) is 1.21. The van der Waals surface area contributed by atoms with Gasteiger partial charge < -0.3 is 9.88 Å². The third kappa shape index (κ3) is 4.51. The highest BCUT2D eigenvalue weighted by Crippen LogP contribution is 2.33. The molecule has 0 atom stereocenters. The van der Waals surface area contributed by atoms with E-state index in [1.165, 1.54) is 6.07 Å². The van der Waals surface area contributed by atoms with Crippen molar-refractivity contribution in [2.75, 3.05) is 5.32 Å². The first-order valence-corrected chi connectivity index (χ1v) is 8.90. The SMILES string of the molecule is Cc1nnc(CCC(=O)Nc2nc(-c3cccc(C(F)(F)F)c3)cs2)n1C. The Morgan fingerprint density at radius 2 is 2.07 bits per heavy atom. The lowest BCUT2D eigenvalue weighted by Crippen LogP contribution is -2.13. The molecule has 2 aromatic heterocycles. The molecule has 3 rings (SSSR count). The number of nitrogens with zero attached hydrogens (tertiary/aromatic N) is 4. The molecule has 142 valence electrons. The maximum atomic E-state index is 12.8. The van der Waals surface area contributed by atoms with Gasteiger partial charge in [-0.1, -0.05) is 12.1 Å². The molecule has 0 aliphatic heterocycles. The van der Waals surface area contributed by atoms with Crippen molar-refractivity contribution in [3.63, 3.8) is 0 Å². The van der Waals surface area contributed by atoms with Gasteiger partial charge in [-0.05, 0) is 19.1 Å². The van der Waals surface area contributed by atoms with Gasteiger partial charge in [0.2, 0.25) is 5.91 Å². The number of halogens is 3. The van der Waals surface area contributed by atoms with Gasteiger partial charge >= 0.3 is 6.18 Å². The number of alkyl halides is 3. The number of hydrogen-bond acceptors (Lipinski definition) is 5. The van der Waals surface area contributed by atoms with E-state index in [1.807, 2.05) is 18.5 Å². The first kappa shape index (κ1) is 19.0. The second kappa shape index (κ2) is 7.47. The van der Waals surface area contributed by atoms with Gasteiger partial charge in [0.1, 0.15) is 11.6 Å². The maximum Gasteiger partial charge on any atom is 0.416 e.